The molecule has 8 nitrogen and oxygen atoms in total. The lowest BCUT2D eigenvalue weighted by molar-refractivity contribution is 0.0953. The summed E-state index contributed by atoms with van der Waals surface area (Å²) >= 11 is 0. The third kappa shape index (κ3) is 5.95. The Morgan fingerprint density at radius 2 is 1.47 bits per heavy atom. The van der Waals surface area contributed by atoms with Gasteiger partial charge in [-0.25, -0.2) is 26.8 Å². The maximum atomic E-state index is 13.3. The molecule has 0 saturated carbocycles. The van der Waals surface area contributed by atoms with Gasteiger partial charge in [-0.1, -0.05) is 49.7 Å². The molecule has 0 saturated heterocycles. The van der Waals surface area contributed by atoms with Crippen molar-refractivity contribution in [2.24, 2.45) is 4.99 Å². The maximum absolute atomic E-state index is 13.3. The zero-order valence-electron chi connectivity index (χ0n) is 18.5. The van der Waals surface area contributed by atoms with Crippen molar-refractivity contribution in [1.29, 1.82) is 0 Å². The molecule has 0 aliphatic rings. The number of hydrogen-bond acceptors (Lipinski definition) is 7. The molecule has 3 aromatic rings. The van der Waals surface area contributed by atoms with Crippen molar-refractivity contribution in [3.8, 4) is 0 Å². The number of rotatable bonds is 10. The molecule has 1 amide bonds. The van der Waals surface area contributed by atoms with Gasteiger partial charge in [0.1, 0.15) is 0 Å². The molecule has 178 valence electrons. The molecule has 34 heavy (non-hydrogen) atoms. The van der Waals surface area contributed by atoms with Crippen molar-refractivity contribution >= 4 is 37.6 Å². The summed E-state index contributed by atoms with van der Waals surface area (Å²) in [6.07, 6.45) is 3.98. The highest BCUT2D eigenvalue weighted by atomic mass is 32.3. The number of hydrogen-bond donors (Lipinski definition) is 1. The topological polar surface area (TPSA) is 123 Å². The van der Waals surface area contributed by atoms with Gasteiger partial charge in [0, 0.05) is 19.0 Å². The second-order valence-corrected chi connectivity index (χ2v) is 11.8. The molecule has 0 aliphatic heterocycles. The van der Waals surface area contributed by atoms with E-state index in [9.17, 15) is 21.6 Å². The van der Waals surface area contributed by atoms with E-state index < -0.39 is 24.3 Å². The summed E-state index contributed by atoms with van der Waals surface area (Å²) < 4.78 is 51.2. The van der Waals surface area contributed by atoms with Gasteiger partial charge in [-0.3, -0.25) is 4.79 Å². The molecular weight excluding hydrogens is 474 g/mol. The predicted octanol–water partition coefficient (Wildman–Crippen LogP) is 3.59. The van der Waals surface area contributed by atoms with Crippen molar-refractivity contribution in [2.75, 3.05) is 6.54 Å². The summed E-state index contributed by atoms with van der Waals surface area (Å²) in [5.41, 5.74) is 0.320. The van der Waals surface area contributed by atoms with Gasteiger partial charge in [0.15, 0.2) is 5.82 Å². The Balaban J connectivity index is 1.94. The van der Waals surface area contributed by atoms with Gasteiger partial charge >= 0.3 is 0 Å². The number of nitrogens with one attached hydrogen (secondary N) is 1. The highest BCUT2D eigenvalue weighted by Crippen LogP contribution is 2.25. The predicted molar refractivity (Wildman–Crippen MR) is 131 cm³/mol. The summed E-state index contributed by atoms with van der Waals surface area (Å²) in [7, 11) is -8.68. The smallest absolute Gasteiger partial charge is 0.252 e. The number of carbonyl (C=O) groups excluding carboxylic acids is 1. The van der Waals surface area contributed by atoms with E-state index in [0.29, 0.717) is 12.1 Å². The van der Waals surface area contributed by atoms with E-state index in [0.717, 1.165) is 19.1 Å². The molecule has 1 aromatic heterocycles. The van der Waals surface area contributed by atoms with Crippen LogP contribution in [0.5, 0.6) is 0 Å². The number of carbonyl (C=O) groups is 1. The summed E-state index contributed by atoms with van der Waals surface area (Å²) in [5.74, 6) is -0.214. The van der Waals surface area contributed by atoms with Crippen molar-refractivity contribution < 1.29 is 21.6 Å². The number of aromatic nitrogens is 1. The zero-order chi connectivity index (χ0) is 24.6. The van der Waals surface area contributed by atoms with E-state index in [1.807, 2.05) is 6.92 Å². The molecule has 0 atom stereocenters. The molecule has 0 unspecified atom stereocenters. The van der Waals surface area contributed by atoms with Gasteiger partial charge < -0.3 is 5.32 Å². The monoisotopic (exact) mass is 499 g/mol. The fourth-order valence-corrected chi connectivity index (χ4v) is 7.08. The average molecular weight is 500 g/mol. The Hall–Kier alpha value is -3.37. The SMILES string of the molecule is CCCCNC(=O)c1ccc(N=CC(S(=O)(=O)c2ccccc2)S(=O)(=O)c2ccccc2)nc1. The Bertz CT molecular complexity index is 1270. The van der Waals surface area contributed by atoms with Gasteiger partial charge in [-0.2, -0.15) is 0 Å². The highest BCUT2D eigenvalue weighted by Gasteiger charge is 2.38. The number of unbranched alkanes of at least 4 members (excludes halogenated alkanes) is 1. The molecule has 0 fully saturated rings. The van der Waals surface area contributed by atoms with Crippen LogP contribution in [0.4, 0.5) is 5.82 Å². The molecule has 0 aliphatic carbocycles. The zero-order valence-corrected chi connectivity index (χ0v) is 20.2. The van der Waals surface area contributed by atoms with Gasteiger partial charge in [0.2, 0.25) is 24.3 Å². The second kappa shape index (κ2) is 11.2. The largest absolute Gasteiger partial charge is 0.352 e. The molecule has 0 radical (unpaired) electrons. The standard InChI is InChI=1S/C24H25N3O5S2/c1-2-3-16-25-24(28)19-14-15-22(26-17-19)27-18-23(33(29,30)20-10-6-4-7-11-20)34(31,32)21-12-8-5-9-13-21/h4-15,17-18,23H,2-3,16H2,1H3,(H,25,28). The van der Waals surface area contributed by atoms with Crippen LogP contribution < -0.4 is 5.32 Å². The number of amides is 1. The molecule has 0 bridgehead atoms. The lowest BCUT2D eigenvalue weighted by Gasteiger charge is -2.15. The van der Waals surface area contributed by atoms with E-state index in [4.69, 9.17) is 0 Å². The van der Waals surface area contributed by atoms with Crippen LogP contribution in [0.3, 0.4) is 0 Å². The van der Waals surface area contributed by atoms with Crippen LogP contribution in [0.25, 0.3) is 0 Å². The first-order valence-corrected chi connectivity index (χ1v) is 13.7. The molecule has 2 aromatic carbocycles. The first-order chi connectivity index (χ1) is 16.3. The number of aliphatic imine (C=N–C) groups is 1. The van der Waals surface area contributed by atoms with Gasteiger partial charge in [0.05, 0.1) is 15.4 Å². The van der Waals surface area contributed by atoms with Crippen LogP contribution in [0.1, 0.15) is 30.1 Å². The van der Waals surface area contributed by atoms with E-state index in [-0.39, 0.29) is 21.5 Å². The Labute approximate surface area is 199 Å². The molecule has 3 rings (SSSR count). The van der Waals surface area contributed by atoms with E-state index in [2.05, 4.69) is 15.3 Å². The summed E-state index contributed by atoms with van der Waals surface area (Å²) in [4.78, 5) is 19.9. The van der Waals surface area contributed by atoms with Crippen LogP contribution in [-0.2, 0) is 19.7 Å². The first-order valence-electron chi connectivity index (χ1n) is 10.6. The third-order valence-electron chi connectivity index (χ3n) is 4.91. The highest BCUT2D eigenvalue weighted by molar-refractivity contribution is 8.10. The number of benzene rings is 2. The van der Waals surface area contributed by atoms with Gasteiger partial charge in [0.25, 0.3) is 5.91 Å². The molecule has 1 heterocycles. The minimum absolute atomic E-state index is 0.0710. The van der Waals surface area contributed by atoms with Crippen LogP contribution in [-0.4, -0.2) is 45.1 Å². The lowest BCUT2D eigenvalue weighted by Crippen LogP contribution is -2.32. The maximum Gasteiger partial charge on any atom is 0.252 e. The Morgan fingerprint density at radius 3 is 1.94 bits per heavy atom. The second-order valence-electron chi connectivity index (χ2n) is 7.38. The molecule has 10 heteroatoms. The van der Waals surface area contributed by atoms with Crippen molar-refractivity contribution in [3.05, 3.63) is 84.6 Å². The summed E-state index contributed by atoms with van der Waals surface area (Å²) in [6, 6.07) is 17.6. The number of sulfone groups is 2. The number of nitrogens with zero attached hydrogens (tertiary/aromatic N) is 2. The van der Waals surface area contributed by atoms with Crippen LogP contribution in [0, 0.1) is 0 Å². The molecular formula is C24H25N3O5S2. The van der Waals surface area contributed by atoms with E-state index in [1.165, 1.54) is 66.9 Å². The Kier molecular flexibility index (Phi) is 8.30. The third-order valence-corrected chi connectivity index (χ3v) is 9.75. The van der Waals surface area contributed by atoms with Crippen molar-refractivity contribution in [2.45, 2.75) is 34.1 Å². The van der Waals surface area contributed by atoms with Crippen LogP contribution in [0.2, 0.25) is 0 Å². The fourth-order valence-electron chi connectivity index (χ4n) is 3.03. The fraction of sp³-hybridized carbons (Fsp3) is 0.208. The average Bonchev–Trinajstić information content (AvgIpc) is 2.85. The minimum atomic E-state index is -4.34. The van der Waals surface area contributed by atoms with Crippen LogP contribution in [0.15, 0.2) is 93.8 Å². The summed E-state index contributed by atoms with van der Waals surface area (Å²) in [6.45, 7) is 2.56. The van der Waals surface area contributed by atoms with Crippen molar-refractivity contribution in [1.82, 2.24) is 10.3 Å². The van der Waals surface area contributed by atoms with Crippen LogP contribution >= 0.6 is 0 Å². The lowest BCUT2D eigenvalue weighted by atomic mass is 10.2. The van der Waals surface area contributed by atoms with E-state index >= 15 is 0 Å². The van der Waals surface area contributed by atoms with Gasteiger partial charge in [-0.15, -0.1) is 0 Å². The van der Waals surface area contributed by atoms with Crippen molar-refractivity contribution in [3.63, 3.8) is 0 Å². The first kappa shape index (κ1) is 25.3. The molecule has 0 spiro atoms. The quantitative estimate of drug-likeness (QED) is 0.336. The minimum Gasteiger partial charge on any atom is -0.352 e. The summed E-state index contributed by atoms with van der Waals surface area (Å²) in [5, 5.41) is 2.77. The Morgan fingerprint density at radius 1 is 0.912 bits per heavy atom. The normalized spacial score (nSPS) is 12.2. The van der Waals surface area contributed by atoms with E-state index in [1.54, 1.807) is 12.1 Å². The molecule has 1 N–H and O–H groups in total. The number of pyridine rings is 1. The van der Waals surface area contributed by atoms with Gasteiger partial charge in [-0.05, 0) is 42.8 Å².